The van der Waals surface area contributed by atoms with Crippen molar-refractivity contribution in [1.29, 1.82) is 0 Å². The van der Waals surface area contributed by atoms with Crippen molar-refractivity contribution in [1.82, 2.24) is 5.32 Å². The van der Waals surface area contributed by atoms with E-state index in [1.54, 1.807) is 0 Å². The molecule has 5 nitrogen and oxygen atoms in total. The van der Waals surface area contributed by atoms with E-state index < -0.39 is 0 Å². The van der Waals surface area contributed by atoms with Crippen molar-refractivity contribution in [3.63, 3.8) is 0 Å². The zero-order valence-electron chi connectivity index (χ0n) is 14.2. The third-order valence-corrected chi connectivity index (χ3v) is 4.06. The Hall–Kier alpha value is -1.26. The first-order valence-electron chi connectivity index (χ1n) is 8.31. The average molecular weight is 298 g/mol. The SMILES string of the molecule is CC.CC(C)C1CCC(CNC(=O)CCN=C(N)N)CC1. The minimum Gasteiger partial charge on any atom is -0.370 e. The van der Waals surface area contributed by atoms with Crippen LogP contribution in [0.5, 0.6) is 0 Å². The number of nitrogens with one attached hydrogen (secondary N) is 1. The van der Waals surface area contributed by atoms with Gasteiger partial charge < -0.3 is 16.8 Å². The number of carbonyl (C=O) groups is 1. The molecule has 21 heavy (non-hydrogen) atoms. The van der Waals surface area contributed by atoms with Crippen LogP contribution in [-0.2, 0) is 4.79 Å². The Morgan fingerprint density at radius 1 is 1.19 bits per heavy atom. The molecular formula is C16H34N4O. The van der Waals surface area contributed by atoms with Crippen LogP contribution in [0.2, 0.25) is 0 Å². The van der Waals surface area contributed by atoms with Gasteiger partial charge in [0.15, 0.2) is 5.96 Å². The summed E-state index contributed by atoms with van der Waals surface area (Å²) in [4.78, 5) is 15.4. The number of aliphatic imine (C=N–C) groups is 1. The second-order valence-corrected chi connectivity index (χ2v) is 5.89. The summed E-state index contributed by atoms with van der Waals surface area (Å²) in [6.45, 7) is 9.77. The molecule has 124 valence electrons. The molecule has 0 spiro atoms. The molecule has 1 aliphatic rings. The molecule has 0 aromatic rings. The monoisotopic (exact) mass is 298 g/mol. The van der Waals surface area contributed by atoms with Crippen LogP contribution in [0.25, 0.3) is 0 Å². The summed E-state index contributed by atoms with van der Waals surface area (Å²) >= 11 is 0. The topological polar surface area (TPSA) is 93.5 Å². The van der Waals surface area contributed by atoms with Crippen LogP contribution in [-0.4, -0.2) is 25.0 Å². The van der Waals surface area contributed by atoms with Crippen LogP contribution in [0, 0.1) is 17.8 Å². The number of hydrogen-bond donors (Lipinski definition) is 3. The van der Waals surface area contributed by atoms with E-state index in [1.807, 2.05) is 13.8 Å². The number of nitrogens with zero attached hydrogens (tertiary/aromatic N) is 1. The molecule has 0 heterocycles. The van der Waals surface area contributed by atoms with Crippen molar-refractivity contribution in [2.24, 2.45) is 34.2 Å². The van der Waals surface area contributed by atoms with E-state index in [2.05, 4.69) is 24.2 Å². The van der Waals surface area contributed by atoms with E-state index in [1.165, 1.54) is 25.7 Å². The predicted octanol–water partition coefficient (Wildman–Crippen LogP) is 2.25. The van der Waals surface area contributed by atoms with Gasteiger partial charge in [0, 0.05) is 13.0 Å². The van der Waals surface area contributed by atoms with Crippen LogP contribution in [0.1, 0.15) is 59.8 Å². The molecule has 0 aromatic heterocycles. The van der Waals surface area contributed by atoms with Gasteiger partial charge in [0.1, 0.15) is 0 Å². The number of hydrogen-bond acceptors (Lipinski definition) is 2. The Morgan fingerprint density at radius 3 is 2.24 bits per heavy atom. The highest BCUT2D eigenvalue weighted by Gasteiger charge is 2.23. The number of carbonyl (C=O) groups excluding carboxylic acids is 1. The molecule has 0 saturated heterocycles. The number of amides is 1. The van der Waals surface area contributed by atoms with Gasteiger partial charge in [-0.15, -0.1) is 0 Å². The molecule has 1 aliphatic carbocycles. The molecule has 1 fully saturated rings. The van der Waals surface area contributed by atoms with Crippen LogP contribution in [0.3, 0.4) is 0 Å². The number of rotatable bonds is 6. The van der Waals surface area contributed by atoms with Crippen LogP contribution in [0.4, 0.5) is 0 Å². The molecule has 5 N–H and O–H groups in total. The maximum absolute atomic E-state index is 11.6. The lowest BCUT2D eigenvalue weighted by Crippen LogP contribution is -2.32. The van der Waals surface area contributed by atoms with E-state index in [9.17, 15) is 4.79 Å². The first-order valence-corrected chi connectivity index (χ1v) is 8.31. The van der Waals surface area contributed by atoms with E-state index in [0.29, 0.717) is 18.9 Å². The smallest absolute Gasteiger partial charge is 0.221 e. The van der Waals surface area contributed by atoms with Gasteiger partial charge in [0.05, 0.1) is 6.54 Å². The molecule has 0 aromatic carbocycles. The molecule has 0 atom stereocenters. The lowest BCUT2D eigenvalue weighted by atomic mass is 9.77. The Balaban J connectivity index is 0.00000191. The van der Waals surface area contributed by atoms with Gasteiger partial charge in [-0.05, 0) is 43.4 Å². The molecule has 0 unspecified atom stereocenters. The van der Waals surface area contributed by atoms with E-state index >= 15 is 0 Å². The first-order chi connectivity index (χ1) is 9.99. The van der Waals surface area contributed by atoms with Crippen LogP contribution in [0.15, 0.2) is 4.99 Å². The fourth-order valence-electron chi connectivity index (χ4n) is 2.69. The van der Waals surface area contributed by atoms with Crippen molar-refractivity contribution in [2.45, 2.75) is 59.8 Å². The average Bonchev–Trinajstić information content (AvgIpc) is 2.47. The Bertz CT molecular complexity index is 303. The molecule has 0 aliphatic heterocycles. The second kappa shape index (κ2) is 11.4. The summed E-state index contributed by atoms with van der Waals surface area (Å²) in [7, 11) is 0. The summed E-state index contributed by atoms with van der Waals surface area (Å²) in [5.41, 5.74) is 10.4. The third-order valence-electron chi connectivity index (χ3n) is 4.06. The Labute approximate surface area is 129 Å². The largest absolute Gasteiger partial charge is 0.370 e. The van der Waals surface area contributed by atoms with Gasteiger partial charge in [-0.1, -0.05) is 27.7 Å². The zero-order chi connectivity index (χ0) is 16.3. The van der Waals surface area contributed by atoms with Crippen LogP contribution >= 0.6 is 0 Å². The normalized spacial score (nSPS) is 21.2. The summed E-state index contributed by atoms with van der Waals surface area (Å²) in [6.07, 6.45) is 5.42. The maximum atomic E-state index is 11.6. The Morgan fingerprint density at radius 2 is 1.76 bits per heavy atom. The van der Waals surface area contributed by atoms with E-state index in [4.69, 9.17) is 11.5 Å². The van der Waals surface area contributed by atoms with Crippen molar-refractivity contribution in [3.05, 3.63) is 0 Å². The lowest BCUT2D eigenvalue weighted by Gasteiger charge is -2.30. The minimum absolute atomic E-state index is 0.0379. The number of guanidine groups is 1. The predicted molar refractivity (Wildman–Crippen MR) is 89.9 cm³/mol. The minimum atomic E-state index is 0.0379. The first kappa shape index (κ1) is 19.7. The van der Waals surface area contributed by atoms with Gasteiger partial charge in [0.2, 0.25) is 5.91 Å². The quantitative estimate of drug-likeness (QED) is 0.518. The van der Waals surface area contributed by atoms with Crippen molar-refractivity contribution >= 4 is 11.9 Å². The number of nitrogens with two attached hydrogens (primary N) is 2. The fourth-order valence-corrected chi connectivity index (χ4v) is 2.69. The maximum Gasteiger partial charge on any atom is 0.221 e. The van der Waals surface area contributed by atoms with Crippen molar-refractivity contribution in [3.8, 4) is 0 Å². The van der Waals surface area contributed by atoms with Crippen molar-refractivity contribution in [2.75, 3.05) is 13.1 Å². The molecule has 1 rings (SSSR count). The van der Waals surface area contributed by atoms with Gasteiger partial charge in [-0.25, -0.2) is 0 Å². The summed E-state index contributed by atoms with van der Waals surface area (Å²) in [5, 5.41) is 2.98. The molecule has 0 radical (unpaired) electrons. The highest BCUT2D eigenvalue weighted by atomic mass is 16.1. The third kappa shape index (κ3) is 9.32. The highest BCUT2D eigenvalue weighted by Crippen LogP contribution is 2.32. The van der Waals surface area contributed by atoms with Gasteiger partial charge in [-0.2, -0.15) is 0 Å². The van der Waals surface area contributed by atoms with E-state index in [-0.39, 0.29) is 11.9 Å². The summed E-state index contributed by atoms with van der Waals surface area (Å²) < 4.78 is 0. The molecular weight excluding hydrogens is 264 g/mol. The van der Waals surface area contributed by atoms with Gasteiger partial charge >= 0.3 is 0 Å². The standard InChI is InChI=1S/C14H28N4O.C2H6/c1-10(2)12-5-3-11(4-6-12)9-18-13(19)7-8-17-14(15)16;1-2/h10-12H,3-9H2,1-2H3,(H,18,19)(H4,15,16,17);1-2H3. The van der Waals surface area contributed by atoms with E-state index in [0.717, 1.165) is 18.4 Å². The van der Waals surface area contributed by atoms with Gasteiger partial charge in [-0.3, -0.25) is 9.79 Å². The van der Waals surface area contributed by atoms with Crippen LogP contribution < -0.4 is 16.8 Å². The summed E-state index contributed by atoms with van der Waals surface area (Å²) in [5.74, 6) is 2.38. The second-order valence-electron chi connectivity index (χ2n) is 5.89. The molecule has 1 amide bonds. The van der Waals surface area contributed by atoms with Gasteiger partial charge in [0.25, 0.3) is 0 Å². The molecule has 1 saturated carbocycles. The summed E-state index contributed by atoms with van der Waals surface area (Å²) in [6, 6.07) is 0. The van der Waals surface area contributed by atoms with Crippen molar-refractivity contribution < 1.29 is 4.79 Å². The Kier molecular flexibility index (Phi) is 10.7. The lowest BCUT2D eigenvalue weighted by molar-refractivity contribution is -0.121. The molecule has 0 bridgehead atoms. The zero-order valence-corrected chi connectivity index (χ0v) is 14.2. The highest BCUT2D eigenvalue weighted by molar-refractivity contribution is 5.78. The fraction of sp³-hybridized carbons (Fsp3) is 0.875. The molecule has 5 heteroatoms.